The predicted molar refractivity (Wildman–Crippen MR) is 72.7 cm³/mol. The second-order valence-corrected chi connectivity index (χ2v) is 6.68. The summed E-state index contributed by atoms with van der Waals surface area (Å²) in [4.78, 5) is 8.89. The Morgan fingerprint density at radius 2 is 1.59 bits per heavy atom. The zero-order valence-electron chi connectivity index (χ0n) is 10.6. The molecule has 0 heterocycles. The van der Waals surface area contributed by atoms with Crippen LogP contribution in [0.4, 0.5) is 5.69 Å². The summed E-state index contributed by atoms with van der Waals surface area (Å²) in [5.74, 6) is -1.13. The fourth-order valence-corrected chi connectivity index (χ4v) is 2.88. The number of phenols is 1. The first-order valence-electron chi connectivity index (χ1n) is 5.10. The number of nitroso groups, excluding NO2 is 1. The van der Waals surface area contributed by atoms with Crippen molar-refractivity contribution >= 4 is 59.7 Å². The molecule has 22 heavy (non-hydrogen) atoms. The number of rotatable bonds is 3. The number of hydrogen-bond donors (Lipinski definition) is 1. The van der Waals surface area contributed by atoms with Crippen LogP contribution in [0, 0.1) is 4.91 Å². The number of fused-ring (bicyclic) bond motifs is 1. The summed E-state index contributed by atoms with van der Waals surface area (Å²) < 4.78 is 65.8. The maximum atomic E-state index is 11.0. The van der Waals surface area contributed by atoms with Gasteiger partial charge in [0.15, 0.2) is 11.4 Å². The molecule has 0 aromatic heterocycles. The molecule has 1 N–H and O–H groups in total. The van der Waals surface area contributed by atoms with Gasteiger partial charge in [0.25, 0.3) is 0 Å². The number of phenolic OH excluding ortho intramolecular Hbond substituents is 1. The van der Waals surface area contributed by atoms with E-state index in [4.69, 9.17) is 0 Å². The molecule has 0 radical (unpaired) electrons. The van der Waals surface area contributed by atoms with Crippen molar-refractivity contribution in [3.63, 3.8) is 0 Å². The number of hydrogen-bond acceptors (Lipinski definition) is 9. The molecule has 0 unspecified atom stereocenters. The average Bonchev–Trinajstić information content (AvgIpc) is 2.35. The van der Waals surface area contributed by atoms with Gasteiger partial charge < -0.3 is 14.2 Å². The third-order valence-corrected chi connectivity index (χ3v) is 4.35. The van der Waals surface area contributed by atoms with Crippen LogP contribution in [0.5, 0.6) is 5.75 Å². The molecule has 0 saturated heterocycles. The van der Waals surface area contributed by atoms with E-state index in [-0.39, 0.29) is 33.8 Å². The molecular formula is C10H5MgNO8S2. The molecule has 0 fully saturated rings. The minimum atomic E-state index is -5.13. The van der Waals surface area contributed by atoms with Gasteiger partial charge in [-0.25, -0.2) is 16.8 Å². The fourth-order valence-electron chi connectivity index (χ4n) is 1.77. The van der Waals surface area contributed by atoms with Crippen LogP contribution in [0.25, 0.3) is 10.8 Å². The first-order chi connectivity index (χ1) is 9.55. The molecule has 2 rings (SSSR count). The fraction of sp³-hybridized carbons (Fsp3) is 0. The van der Waals surface area contributed by atoms with Crippen molar-refractivity contribution in [3.05, 3.63) is 29.2 Å². The van der Waals surface area contributed by atoms with Crippen LogP contribution in [0.2, 0.25) is 0 Å². The van der Waals surface area contributed by atoms with Crippen molar-refractivity contribution in [2.24, 2.45) is 5.18 Å². The van der Waals surface area contributed by atoms with E-state index in [0.29, 0.717) is 6.07 Å². The van der Waals surface area contributed by atoms with E-state index in [1.807, 2.05) is 0 Å². The molecule has 0 bridgehead atoms. The van der Waals surface area contributed by atoms with Gasteiger partial charge in [0.2, 0.25) is 0 Å². The molecule has 0 spiro atoms. The van der Waals surface area contributed by atoms with Gasteiger partial charge in [-0.3, -0.25) is 0 Å². The van der Waals surface area contributed by atoms with Gasteiger partial charge in [-0.15, -0.1) is 4.91 Å². The molecular weight excluding hydrogens is 351 g/mol. The molecule has 2 aromatic rings. The summed E-state index contributed by atoms with van der Waals surface area (Å²) in [6.45, 7) is 0. The molecule has 0 aliphatic heterocycles. The standard InChI is InChI=1S/C10H7NO8S2.Mg/c12-10-8(21(17,18)19)4-5-3-6(20(14,15)16)1-2-7(5)9(10)11-13;/h1-4,12H,(H,14,15,16)(H,17,18,19);/q;+2/p-2. The number of nitrogens with zero attached hydrogens (tertiary/aromatic N) is 1. The zero-order valence-corrected chi connectivity index (χ0v) is 13.6. The average molecular weight is 356 g/mol. The number of benzene rings is 2. The first kappa shape index (κ1) is 18.7. The summed E-state index contributed by atoms with van der Waals surface area (Å²) in [7, 11) is -9.95. The molecule has 0 atom stereocenters. The Hall–Kier alpha value is -1.31. The largest absolute Gasteiger partial charge is 2.00 e. The van der Waals surface area contributed by atoms with Gasteiger partial charge in [-0.1, -0.05) is 6.07 Å². The maximum Gasteiger partial charge on any atom is 2.00 e. The van der Waals surface area contributed by atoms with Crippen molar-refractivity contribution < 1.29 is 31.0 Å². The Morgan fingerprint density at radius 3 is 2.05 bits per heavy atom. The van der Waals surface area contributed by atoms with Crippen LogP contribution in [0.1, 0.15) is 0 Å². The summed E-state index contributed by atoms with van der Waals surface area (Å²) in [5.41, 5.74) is -0.739. The second kappa shape index (κ2) is 6.06. The molecule has 9 nitrogen and oxygen atoms in total. The Morgan fingerprint density at radius 1 is 1.00 bits per heavy atom. The second-order valence-electron chi connectivity index (χ2n) is 3.95. The van der Waals surface area contributed by atoms with Crippen LogP contribution in [0.15, 0.2) is 39.2 Å². The molecule has 112 valence electrons. The summed E-state index contributed by atoms with van der Waals surface area (Å²) in [6.07, 6.45) is 0. The Balaban J connectivity index is 0.00000242. The van der Waals surface area contributed by atoms with E-state index < -0.39 is 41.5 Å². The minimum Gasteiger partial charge on any atom is -0.744 e. The quantitative estimate of drug-likeness (QED) is 0.468. The monoisotopic (exact) mass is 355 g/mol. The van der Waals surface area contributed by atoms with Gasteiger partial charge in [-0.05, 0) is 28.8 Å². The molecule has 12 heteroatoms. The predicted octanol–water partition coefficient (Wildman–Crippen LogP) is 0.371. The van der Waals surface area contributed by atoms with Crippen LogP contribution in [-0.2, 0) is 20.2 Å². The van der Waals surface area contributed by atoms with Crippen molar-refractivity contribution in [1.29, 1.82) is 0 Å². The Kier molecular flexibility index (Phi) is 5.16. The number of aromatic hydroxyl groups is 1. The van der Waals surface area contributed by atoms with E-state index in [0.717, 1.165) is 18.2 Å². The van der Waals surface area contributed by atoms with Gasteiger partial charge >= 0.3 is 23.1 Å². The van der Waals surface area contributed by atoms with Crippen molar-refractivity contribution in [1.82, 2.24) is 0 Å². The van der Waals surface area contributed by atoms with Gasteiger partial charge in [-0.2, -0.15) is 0 Å². The van der Waals surface area contributed by atoms with Crippen LogP contribution >= 0.6 is 0 Å². The van der Waals surface area contributed by atoms with E-state index in [1.165, 1.54) is 0 Å². The van der Waals surface area contributed by atoms with Crippen LogP contribution in [-0.4, -0.2) is 54.1 Å². The molecule has 0 saturated carbocycles. The third-order valence-electron chi connectivity index (χ3n) is 2.67. The van der Waals surface area contributed by atoms with Crippen molar-refractivity contribution in [2.45, 2.75) is 9.79 Å². The Bertz CT molecular complexity index is 968. The van der Waals surface area contributed by atoms with E-state index >= 15 is 0 Å². The van der Waals surface area contributed by atoms with Gasteiger partial charge in [0.1, 0.15) is 20.2 Å². The normalized spacial score (nSPS) is 11.9. The smallest absolute Gasteiger partial charge is 0.744 e. The molecule has 0 amide bonds. The SMILES string of the molecule is O=Nc1c(O)c(S(=O)(=O)[O-])cc2cc(S(=O)(=O)[O-])ccc12.[Mg+2]. The third kappa shape index (κ3) is 3.36. The van der Waals surface area contributed by atoms with E-state index in [9.17, 15) is 36.0 Å². The van der Waals surface area contributed by atoms with Crippen LogP contribution in [0.3, 0.4) is 0 Å². The topological polar surface area (TPSA) is 164 Å². The maximum absolute atomic E-state index is 11.0. The Labute approximate surface area is 140 Å². The van der Waals surface area contributed by atoms with Crippen molar-refractivity contribution in [3.8, 4) is 5.75 Å². The summed E-state index contributed by atoms with van der Waals surface area (Å²) in [6, 6.07) is 3.30. The summed E-state index contributed by atoms with van der Waals surface area (Å²) in [5, 5.41) is 11.7. The van der Waals surface area contributed by atoms with Gasteiger partial charge in [0, 0.05) is 5.39 Å². The summed E-state index contributed by atoms with van der Waals surface area (Å²) >= 11 is 0. The van der Waals surface area contributed by atoms with E-state index in [1.54, 1.807) is 0 Å². The molecule has 2 aromatic carbocycles. The zero-order chi connectivity index (χ0) is 16.0. The minimum absolute atomic E-state index is 0. The molecule has 0 aliphatic carbocycles. The first-order valence-corrected chi connectivity index (χ1v) is 7.92. The van der Waals surface area contributed by atoms with E-state index in [2.05, 4.69) is 5.18 Å². The van der Waals surface area contributed by atoms with Crippen molar-refractivity contribution in [2.75, 3.05) is 0 Å². The van der Waals surface area contributed by atoms with Crippen LogP contribution < -0.4 is 0 Å². The molecule has 0 aliphatic rings. The van der Waals surface area contributed by atoms with Gasteiger partial charge in [0.05, 0.1) is 9.79 Å².